The van der Waals surface area contributed by atoms with Gasteiger partial charge in [-0.1, -0.05) is 18.2 Å². The molecule has 2 aromatic carbocycles. The van der Waals surface area contributed by atoms with Gasteiger partial charge in [-0.3, -0.25) is 19.7 Å². The van der Waals surface area contributed by atoms with Crippen LogP contribution >= 0.6 is 0 Å². The van der Waals surface area contributed by atoms with E-state index in [0.29, 0.717) is 12.2 Å². The number of pyridine rings is 1. The number of amides is 1. The molecule has 1 amide bonds. The van der Waals surface area contributed by atoms with Gasteiger partial charge >= 0.3 is 0 Å². The Morgan fingerprint density at radius 1 is 1.03 bits per heavy atom. The Hall–Kier alpha value is -3.81. The van der Waals surface area contributed by atoms with Crippen LogP contribution in [0, 0.1) is 6.92 Å². The lowest BCUT2D eigenvalue weighted by Crippen LogP contribution is -2.43. The minimum atomic E-state index is -0.115. The maximum atomic E-state index is 13.0. The van der Waals surface area contributed by atoms with Gasteiger partial charge in [-0.15, -0.1) is 0 Å². The zero-order chi connectivity index (χ0) is 24.9. The lowest BCUT2D eigenvalue weighted by molar-refractivity contribution is 0.102. The first-order valence-corrected chi connectivity index (χ1v) is 12.4. The summed E-state index contributed by atoms with van der Waals surface area (Å²) in [7, 11) is 2.17. The van der Waals surface area contributed by atoms with Crippen molar-refractivity contribution in [3.8, 4) is 0 Å². The molecule has 0 unspecified atom stereocenters. The Labute approximate surface area is 212 Å². The molecule has 3 aromatic rings. The van der Waals surface area contributed by atoms with Crippen molar-refractivity contribution >= 4 is 29.2 Å². The number of benzene rings is 2. The number of nitrogens with zero attached hydrogens (tertiary/aromatic N) is 5. The molecule has 2 aliphatic rings. The van der Waals surface area contributed by atoms with Crippen LogP contribution < -0.4 is 10.2 Å². The van der Waals surface area contributed by atoms with Gasteiger partial charge in [0.25, 0.3) is 5.91 Å². The normalized spacial score (nSPS) is 16.6. The predicted molar refractivity (Wildman–Crippen MR) is 146 cm³/mol. The maximum Gasteiger partial charge on any atom is 0.255 e. The van der Waals surface area contributed by atoms with E-state index in [4.69, 9.17) is 0 Å². The first-order chi connectivity index (χ1) is 17.6. The second-order valence-electron chi connectivity index (χ2n) is 9.43. The first kappa shape index (κ1) is 23.9. The quantitative estimate of drug-likeness (QED) is 0.571. The van der Waals surface area contributed by atoms with Crippen LogP contribution in [0.5, 0.6) is 0 Å². The molecule has 0 spiro atoms. The highest BCUT2D eigenvalue weighted by Gasteiger charge is 2.19. The second-order valence-corrected chi connectivity index (χ2v) is 9.43. The van der Waals surface area contributed by atoms with Crippen LogP contribution in [0.1, 0.15) is 27.0 Å². The molecule has 0 aliphatic carbocycles. The average Bonchev–Trinajstić information content (AvgIpc) is 2.92. The fourth-order valence-electron chi connectivity index (χ4n) is 4.60. The topological polar surface area (TPSA) is 64.1 Å². The molecule has 0 bridgehead atoms. The SMILES string of the molecule is Cc1ccc(NC(=O)c2ccc(CN3CCN(C)CC3)cc2)cc1N1CN=CC=C1c1cccnc1. The summed E-state index contributed by atoms with van der Waals surface area (Å²) in [5, 5.41) is 3.07. The third-order valence-electron chi connectivity index (χ3n) is 6.78. The number of aliphatic imine (C=N–C) groups is 1. The van der Waals surface area contributed by atoms with Crippen molar-refractivity contribution in [1.82, 2.24) is 14.8 Å². The van der Waals surface area contributed by atoms with Crippen LogP contribution in [0.2, 0.25) is 0 Å². The van der Waals surface area contributed by atoms with E-state index < -0.39 is 0 Å². The van der Waals surface area contributed by atoms with Crippen molar-refractivity contribution < 1.29 is 4.79 Å². The molecule has 1 N–H and O–H groups in total. The molecule has 1 fully saturated rings. The van der Waals surface area contributed by atoms with Gasteiger partial charge in [-0.25, -0.2) is 0 Å². The van der Waals surface area contributed by atoms with Crippen molar-refractivity contribution in [1.29, 1.82) is 0 Å². The molecular weight excluding hydrogens is 448 g/mol. The van der Waals surface area contributed by atoms with E-state index in [0.717, 1.165) is 60.9 Å². The number of nitrogens with one attached hydrogen (secondary N) is 1. The minimum Gasteiger partial charge on any atom is -0.322 e. The maximum absolute atomic E-state index is 13.0. The number of rotatable bonds is 6. The molecule has 5 rings (SSSR count). The molecule has 7 heteroatoms. The highest BCUT2D eigenvalue weighted by molar-refractivity contribution is 6.04. The van der Waals surface area contributed by atoms with Gasteiger partial charge in [0.05, 0.1) is 5.70 Å². The van der Waals surface area contributed by atoms with Crippen molar-refractivity contribution in [3.05, 3.63) is 95.3 Å². The van der Waals surface area contributed by atoms with Crippen molar-refractivity contribution in [2.75, 3.05) is 50.1 Å². The van der Waals surface area contributed by atoms with Crippen LogP contribution in [0.4, 0.5) is 11.4 Å². The smallest absolute Gasteiger partial charge is 0.255 e. The Bertz CT molecular complexity index is 1260. The van der Waals surface area contributed by atoms with E-state index in [1.54, 1.807) is 6.20 Å². The number of allylic oxidation sites excluding steroid dienone is 1. The van der Waals surface area contributed by atoms with Crippen molar-refractivity contribution in [2.24, 2.45) is 4.99 Å². The number of piperazine rings is 1. The summed E-state index contributed by atoms with van der Waals surface area (Å²) in [4.78, 5) is 28.7. The Morgan fingerprint density at radius 2 is 1.83 bits per heavy atom. The molecule has 1 aromatic heterocycles. The molecular formula is C29H32N6O. The molecule has 7 nitrogen and oxygen atoms in total. The summed E-state index contributed by atoms with van der Waals surface area (Å²) in [5.74, 6) is -0.115. The number of hydrogen-bond donors (Lipinski definition) is 1. The van der Waals surface area contributed by atoms with Gasteiger partial charge in [-0.05, 0) is 67.6 Å². The molecule has 1 saturated heterocycles. The van der Waals surface area contributed by atoms with E-state index in [1.165, 1.54) is 5.56 Å². The number of likely N-dealkylation sites (N-methyl/N-ethyl adjacent to an activating group) is 1. The lowest BCUT2D eigenvalue weighted by Gasteiger charge is -2.32. The zero-order valence-corrected chi connectivity index (χ0v) is 20.9. The van der Waals surface area contributed by atoms with Gasteiger partial charge < -0.3 is 15.1 Å². The van der Waals surface area contributed by atoms with Crippen molar-refractivity contribution in [3.63, 3.8) is 0 Å². The molecule has 0 radical (unpaired) electrons. The van der Waals surface area contributed by atoms with Crippen molar-refractivity contribution in [2.45, 2.75) is 13.5 Å². The Kier molecular flexibility index (Phi) is 7.21. The number of carbonyl (C=O) groups excluding carboxylic acids is 1. The lowest BCUT2D eigenvalue weighted by atomic mass is 10.1. The summed E-state index contributed by atoms with van der Waals surface area (Å²) in [5.41, 5.74) is 6.79. The van der Waals surface area contributed by atoms with E-state index in [2.05, 4.69) is 56.1 Å². The van der Waals surface area contributed by atoms with E-state index in [9.17, 15) is 4.79 Å². The fourth-order valence-corrected chi connectivity index (χ4v) is 4.60. The molecule has 3 heterocycles. The number of hydrogen-bond acceptors (Lipinski definition) is 6. The highest BCUT2D eigenvalue weighted by Crippen LogP contribution is 2.32. The standard InChI is InChI=1S/C29H32N6O/c1-22-5-10-26(18-28(22)35-21-31-13-11-27(35)25-4-3-12-30-19-25)32-29(36)24-8-6-23(7-9-24)20-34-16-14-33(2)15-17-34/h3-13,18-19H,14-17,20-21H2,1-2H3,(H,32,36). The van der Waals surface area contributed by atoms with Crippen LogP contribution in [-0.2, 0) is 6.54 Å². The Morgan fingerprint density at radius 3 is 2.58 bits per heavy atom. The third-order valence-corrected chi connectivity index (χ3v) is 6.78. The van der Waals surface area contributed by atoms with Crippen LogP contribution in [0.25, 0.3) is 5.70 Å². The van der Waals surface area contributed by atoms with E-state index in [1.807, 2.05) is 61.0 Å². The molecule has 0 atom stereocenters. The number of aromatic nitrogens is 1. The number of carbonyl (C=O) groups is 1. The summed E-state index contributed by atoms with van der Waals surface area (Å²) >= 11 is 0. The van der Waals surface area contributed by atoms with Gasteiger partial charge in [0.2, 0.25) is 0 Å². The number of anilines is 2. The van der Waals surface area contributed by atoms with Gasteiger partial charge in [-0.2, -0.15) is 0 Å². The molecule has 0 saturated carbocycles. The zero-order valence-electron chi connectivity index (χ0n) is 20.9. The predicted octanol–water partition coefficient (Wildman–Crippen LogP) is 4.28. The van der Waals surface area contributed by atoms with E-state index >= 15 is 0 Å². The molecule has 2 aliphatic heterocycles. The van der Waals surface area contributed by atoms with Crippen LogP contribution in [-0.4, -0.2) is 66.8 Å². The summed E-state index contributed by atoms with van der Waals surface area (Å²) < 4.78 is 0. The van der Waals surface area contributed by atoms with Gasteiger partial charge in [0, 0.05) is 73.8 Å². The van der Waals surface area contributed by atoms with E-state index in [-0.39, 0.29) is 5.91 Å². The molecule has 184 valence electrons. The number of aryl methyl sites for hydroxylation is 1. The van der Waals surface area contributed by atoms with Crippen LogP contribution in [0.3, 0.4) is 0 Å². The summed E-state index contributed by atoms with van der Waals surface area (Å²) in [6.45, 7) is 7.85. The summed E-state index contributed by atoms with van der Waals surface area (Å²) in [6.07, 6.45) is 7.44. The second kappa shape index (κ2) is 10.8. The minimum absolute atomic E-state index is 0.115. The first-order valence-electron chi connectivity index (χ1n) is 12.4. The summed E-state index contributed by atoms with van der Waals surface area (Å²) in [6, 6.07) is 17.9. The van der Waals surface area contributed by atoms with Crippen LogP contribution in [0.15, 0.2) is 78.1 Å². The highest BCUT2D eigenvalue weighted by atomic mass is 16.1. The Balaban J connectivity index is 1.28. The largest absolute Gasteiger partial charge is 0.322 e. The fraction of sp³-hybridized carbons (Fsp3) is 0.276. The molecule has 36 heavy (non-hydrogen) atoms. The monoisotopic (exact) mass is 480 g/mol. The average molecular weight is 481 g/mol. The van der Waals surface area contributed by atoms with Gasteiger partial charge in [0.1, 0.15) is 6.67 Å². The third kappa shape index (κ3) is 5.53. The van der Waals surface area contributed by atoms with Gasteiger partial charge in [0.15, 0.2) is 0 Å².